The largest absolute Gasteiger partial charge is 0.481 e. The maximum atomic E-state index is 12.4. The summed E-state index contributed by atoms with van der Waals surface area (Å²) in [6.45, 7) is 5.10. The fourth-order valence-electron chi connectivity index (χ4n) is 2.46. The van der Waals surface area contributed by atoms with E-state index in [1.807, 2.05) is 0 Å². The summed E-state index contributed by atoms with van der Waals surface area (Å²) in [7, 11) is 0. The standard InChI is InChI=1S/C19H18O6/c1-11(2)24-17(20)10-23-15-7-6-14-18(21)16(25-19(14)12(15)3)9-13-5-4-8-22-13/h4-9,11H,10H2,1-3H3/b16-9-. The molecule has 25 heavy (non-hydrogen) atoms. The number of benzene rings is 1. The van der Waals surface area contributed by atoms with Crippen LogP contribution in [0.1, 0.15) is 35.5 Å². The molecule has 2 heterocycles. The van der Waals surface area contributed by atoms with E-state index in [1.54, 1.807) is 51.1 Å². The third kappa shape index (κ3) is 3.57. The first-order valence-electron chi connectivity index (χ1n) is 7.89. The van der Waals surface area contributed by atoms with Gasteiger partial charge in [-0.1, -0.05) is 0 Å². The van der Waals surface area contributed by atoms with E-state index in [4.69, 9.17) is 18.6 Å². The highest BCUT2D eigenvalue weighted by Crippen LogP contribution is 2.39. The molecule has 3 rings (SSSR count). The molecule has 0 atom stereocenters. The fourth-order valence-corrected chi connectivity index (χ4v) is 2.46. The third-order valence-electron chi connectivity index (χ3n) is 3.57. The predicted octanol–water partition coefficient (Wildman–Crippen LogP) is 3.53. The van der Waals surface area contributed by atoms with Crippen LogP contribution in [0.3, 0.4) is 0 Å². The van der Waals surface area contributed by atoms with Crippen LogP contribution in [0.25, 0.3) is 6.08 Å². The molecule has 1 aliphatic heterocycles. The maximum Gasteiger partial charge on any atom is 0.344 e. The molecule has 0 aliphatic carbocycles. The zero-order valence-corrected chi connectivity index (χ0v) is 14.2. The van der Waals surface area contributed by atoms with Crippen LogP contribution >= 0.6 is 0 Å². The van der Waals surface area contributed by atoms with E-state index < -0.39 is 5.97 Å². The minimum Gasteiger partial charge on any atom is -0.481 e. The van der Waals surface area contributed by atoms with Crippen LogP contribution in [-0.2, 0) is 9.53 Å². The lowest BCUT2D eigenvalue weighted by Crippen LogP contribution is -2.19. The van der Waals surface area contributed by atoms with Crippen molar-refractivity contribution in [3.05, 3.63) is 53.2 Å². The van der Waals surface area contributed by atoms with Crippen molar-refractivity contribution in [2.75, 3.05) is 6.61 Å². The average molecular weight is 342 g/mol. The minimum absolute atomic E-state index is 0.185. The number of rotatable bonds is 5. The molecule has 6 nitrogen and oxygen atoms in total. The van der Waals surface area contributed by atoms with Crippen molar-refractivity contribution < 1.29 is 28.2 Å². The quantitative estimate of drug-likeness (QED) is 0.611. The molecule has 0 bridgehead atoms. The van der Waals surface area contributed by atoms with Gasteiger partial charge in [0.2, 0.25) is 5.78 Å². The molecular formula is C19H18O6. The number of Topliss-reactive ketones (excluding diaryl/α,β-unsaturated/α-hetero) is 1. The summed E-state index contributed by atoms with van der Waals surface area (Å²) >= 11 is 0. The van der Waals surface area contributed by atoms with Gasteiger partial charge in [-0.2, -0.15) is 0 Å². The Labute approximate surface area is 145 Å². The number of carbonyl (C=O) groups excluding carboxylic acids is 2. The minimum atomic E-state index is -0.453. The van der Waals surface area contributed by atoms with Gasteiger partial charge < -0.3 is 18.6 Å². The van der Waals surface area contributed by atoms with Crippen LogP contribution < -0.4 is 9.47 Å². The van der Waals surface area contributed by atoms with Crippen molar-refractivity contribution in [3.63, 3.8) is 0 Å². The van der Waals surface area contributed by atoms with Crippen LogP contribution in [0.5, 0.6) is 11.5 Å². The summed E-state index contributed by atoms with van der Waals surface area (Å²) < 4.78 is 21.4. The predicted molar refractivity (Wildman–Crippen MR) is 89.5 cm³/mol. The number of allylic oxidation sites excluding steroid dienone is 1. The number of esters is 1. The molecule has 0 fully saturated rings. The van der Waals surface area contributed by atoms with Gasteiger partial charge in [-0.3, -0.25) is 4.79 Å². The van der Waals surface area contributed by atoms with Crippen LogP contribution in [0, 0.1) is 6.92 Å². The second-order valence-corrected chi connectivity index (χ2v) is 5.85. The van der Waals surface area contributed by atoms with Crippen molar-refractivity contribution in [1.29, 1.82) is 0 Å². The van der Waals surface area contributed by atoms with Gasteiger partial charge in [0.15, 0.2) is 12.4 Å². The molecule has 1 aromatic carbocycles. The lowest BCUT2D eigenvalue weighted by Gasteiger charge is -2.12. The Morgan fingerprint density at radius 1 is 1.28 bits per heavy atom. The van der Waals surface area contributed by atoms with E-state index in [-0.39, 0.29) is 24.3 Å². The average Bonchev–Trinajstić information content (AvgIpc) is 3.16. The monoisotopic (exact) mass is 342 g/mol. The Morgan fingerprint density at radius 3 is 2.76 bits per heavy atom. The summed E-state index contributed by atoms with van der Waals surface area (Å²) in [6.07, 6.45) is 2.86. The van der Waals surface area contributed by atoms with Gasteiger partial charge in [-0.15, -0.1) is 0 Å². The van der Waals surface area contributed by atoms with E-state index in [2.05, 4.69) is 0 Å². The Bertz CT molecular complexity index is 830. The van der Waals surface area contributed by atoms with Crippen molar-refractivity contribution in [1.82, 2.24) is 0 Å². The first kappa shape index (κ1) is 16.8. The number of ether oxygens (including phenoxy) is 3. The van der Waals surface area contributed by atoms with E-state index in [0.29, 0.717) is 28.4 Å². The van der Waals surface area contributed by atoms with E-state index in [1.165, 1.54) is 6.26 Å². The number of hydrogen-bond acceptors (Lipinski definition) is 6. The van der Waals surface area contributed by atoms with Gasteiger partial charge in [0.05, 0.1) is 17.9 Å². The lowest BCUT2D eigenvalue weighted by atomic mass is 10.1. The normalized spacial score (nSPS) is 14.6. The molecule has 0 saturated carbocycles. The van der Waals surface area contributed by atoms with E-state index >= 15 is 0 Å². The van der Waals surface area contributed by atoms with Crippen molar-refractivity contribution in [2.24, 2.45) is 0 Å². The van der Waals surface area contributed by atoms with Crippen molar-refractivity contribution in [3.8, 4) is 11.5 Å². The highest BCUT2D eigenvalue weighted by atomic mass is 16.6. The van der Waals surface area contributed by atoms with Gasteiger partial charge in [0.1, 0.15) is 17.3 Å². The van der Waals surface area contributed by atoms with Gasteiger partial charge in [0.25, 0.3) is 0 Å². The zero-order valence-electron chi connectivity index (χ0n) is 14.2. The van der Waals surface area contributed by atoms with Crippen molar-refractivity contribution in [2.45, 2.75) is 26.9 Å². The highest BCUT2D eigenvalue weighted by molar-refractivity contribution is 6.14. The van der Waals surface area contributed by atoms with Gasteiger partial charge in [-0.05, 0) is 45.0 Å². The Balaban J connectivity index is 1.78. The molecule has 0 saturated heterocycles. The Kier molecular flexibility index (Phi) is 4.61. The SMILES string of the molecule is Cc1c(OCC(=O)OC(C)C)ccc2c1O/C(=C\c1ccco1)C2=O. The second kappa shape index (κ2) is 6.84. The van der Waals surface area contributed by atoms with Crippen LogP contribution in [-0.4, -0.2) is 24.5 Å². The second-order valence-electron chi connectivity index (χ2n) is 5.85. The number of carbonyl (C=O) groups is 2. The van der Waals surface area contributed by atoms with Crippen LogP contribution in [0.2, 0.25) is 0 Å². The molecule has 2 aromatic rings. The number of furan rings is 1. The zero-order chi connectivity index (χ0) is 18.0. The Morgan fingerprint density at radius 2 is 2.08 bits per heavy atom. The van der Waals surface area contributed by atoms with E-state index in [9.17, 15) is 9.59 Å². The van der Waals surface area contributed by atoms with E-state index in [0.717, 1.165) is 0 Å². The number of hydrogen-bond donors (Lipinski definition) is 0. The summed E-state index contributed by atoms with van der Waals surface area (Å²) in [6, 6.07) is 6.73. The number of ketones is 1. The van der Waals surface area contributed by atoms with Gasteiger partial charge in [0, 0.05) is 11.6 Å². The maximum absolute atomic E-state index is 12.4. The Hall–Kier alpha value is -3.02. The molecule has 0 unspecified atom stereocenters. The smallest absolute Gasteiger partial charge is 0.344 e. The molecule has 0 spiro atoms. The first-order chi connectivity index (χ1) is 12.0. The van der Waals surface area contributed by atoms with Gasteiger partial charge >= 0.3 is 5.97 Å². The summed E-state index contributed by atoms with van der Waals surface area (Å²) in [5.41, 5.74) is 1.10. The molecular weight excluding hydrogens is 324 g/mol. The summed E-state index contributed by atoms with van der Waals surface area (Å²) in [5, 5.41) is 0. The van der Waals surface area contributed by atoms with Crippen LogP contribution in [0.15, 0.2) is 40.7 Å². The molecule has 130 valence electrons. The molecule has 6 heteroatoms. The first-order valence-corrected chi connectivity index (χ1v) is 7.89. The topological polar surface area (TPSA) is 75.0 Å². The van der Waals surface area contributed by atoms with Gasteiger partial charge in [-0.25, -0.2) is 4.79 Å². The number of fused-ring (bicyclic) bond motifs is 1. The fraction of sp³-hybridized carbons (Fsp3) is 0.263. The molecule has 0 amide bonds. The highest BCUT2D eigenvalue weighted by Gasteiger charge is 2.30. The third-order valence-corrected chi connectivity index (χ3v) is 3.57. The lowest BCUT2D eigenvalue weighted by molar-refractivity contribution is -0.149. The summed E-state index contributed by atoms with van der Waals surface area (Å²) in [4.78, 5) is 24.0. The van der Waals surface area contributed by atoms with Crippen LogP contribution in [0.4, 0.5) is 0 Å². The molecule has 1 aromatic heterocycles. The van der Waals surface area contributed by atoms with Crippen molar-refractivity contribution >= 4 is 17.8 Å². The molecule has 1 aliphatic rings. The molecule has 0 N–H and O–H groups in total. The summed E-state index contributed by atoms with van der Waals surface area (Å²) in [5.74, 6) is 0.931. The molecule has 0 radical (unpaired) electrons.